The normalized spacial score (nSPS) is 16.4. The molecule has 22 heavy (non-hydrogen) atoms. The van der Waals surface area contributed by atoms with Crippen molar-refractivity contribution < 1.29 is 14.3 Å². The summed E-state index contributed by atoms with van der Waals surface area (Å²) in [6.45, 7) is 6.91. The number of Topliss-reactive ketones (excluding diaryl/α,β-unsaturated/α-hetero) is 1. The summed E-state index contributed by atoms with van der Waals surface area (Å²) in [5, 5.41) is 0. The predicted octanol–water partition coefficient (Wildman–Crippen LogP) is 2.05. The minimum Gasteiger partial charge on any atom is -0.495 e. The van der Waals surface area contributed by atoms with Gasteiger partial charge in [-0.05, 0) is 32.0 Å². The van der Waals surface area contributed by atoms with Crippen LogP contribution in [0.1, 0.15) is 24.2 Å². The van der Waals surface area contributed by atoms with Gasteiger partial charge in [0.25, 0.3) is 0 Å². The highest BCUT2D eigenvalue weighted by Crippen LogP contribution is 2.30. The van der Waals surface area contributed by atoms with Crippen LogP contribution in [0.3, 0.4) is 0 Å². The number of ketones is 1. The fourth-order valence-electron chi connectivity index (χ4n) is 2.80. The van der Waals surface area contributed by atoms with Crippen molar-refractivity contribution in [1.29, 1.82) is 0 Å². The fraction of sp³-hybridized carbons (Fsp3) is 0.588. The minimum absolute atomic E-state index is 0.125. The van der Waals surface area contributed by atoms with Crippen LogP contribution in [0.15, 0.2) is 18.2 Å². The first-order chi connectivity index (χ1) is 10.4. The quantitative estimate of drug-likeness (QED) is 0.779. The van der Waals surface area contributed by atoms with E-state index in [1.54, 1.807) is 7.11 Å². The van der Waals surface area contributed by atoms with Gasteiger partial charge < -0.3 is 14.4 Å². The van der Waals surface area contributed by atoms with Crippen molar-refractivity contribution in [2.45, 2.75) is 19.4 Å². The minimum atomic E-state index is -0.540. The maximum Gasteiger partial charge on any atom is 0.182 e. The fourth-order valence-corrected chi connectivity index (χ4v) is 2.80. The molecule has 1 aromatic carbocycles. The number of rotatable bonds is 5. The lowest BCUT2D eigenvalue weighted by molar-refractivity contribution is -0.00429. The van der Waals surface area contributed by atoms with Crippen LogP contribution in [-0.4, -0.2) is 63.7 Å². The van der Waals surface area contributed by atoms with E-state index in [0.717, 1.165) is 24.5 Å². The monoisotopic (exact) mass is 306 g/mol. The van der Waals surface area contributed by atoms with Gasteiger partial charge in [0.05, 0.1) is 31.5 Å². The van der Waals surface area contributed by atoms with E-state index >= 15 is 0 Å². The molecule has 0 saturated carbocycles. The van der Waals surface area contributed by atoms with Crippen molar-refractivity contribution >= 4 is 11.5 Å². The van der Waals surface area contributed by atoms with Crippen LogP contribution in [0.25, 0.3) is 0 Å². The van der Waals surface area contributed by atoms with E-state index < -0.39 is 5.54 Å². The van der Waals surface area contributed by atoms with Gasteiger partial charge in [0, 0.05) is 32.7 Å². The van der Waals surface area contributed by atoms with Gasteiger partial charge in [-0.25, -0.2) is 0 Å². The Kier molecular flexibility index (Phi) is 5.08. The zero-order valence-electron chi connectivity index (χ0n) is 14.2. The highest BCUT2D eigenvalue weighted by Gasteiger charge is 2.36. The van der Waals surface area contributed by atoms with E-state index in [1.807, 2.05) is 51.0 Å². The molecule has 5 nitrogen and oxygen atoms in total. The molecule has 0 radical (unpaired) electrons. The van der Waals surface area contributed by atoms with Crippen molar-refractivity contribution in [3.05, 3.63) is 23.8 Å². The lowest BCUT2D eigenvalue weighted by Crippen LogP contribution is -2.54. The topological polar surface area (TPSA) is 42.0 Å². The standard InChI is InChI=1S/C17H26N2O3/c1-17(2,19-8-10-22-11-9-19)16(20)13-6-7-15(21-5)14(12-13)18(3)4/h6-7,12H,8-11H2,1-5H3. The van der Waals surface area contributed by atoms with Crippen molar-refractivity contribution in [1.82, 2.24) is 4.90 Å². The molecule has 1 aliphatic heterocycles. The Morgan fingerprint density at radius 1 is 1.27 bits per heavy atom. The summed E-state index contributed by atoms with van der Waals surface area (Å²) in [5.41, 5.74) is 1.08. The van der Waals surface area contributed by atoms with E-state index in [-0.39, 0.29) is 5.78 Å². The van der Waals surface area contributed by atoms with Crippen molar-refractivity contribution in [2.24, 2.45) is 0 Å². The Labute approximate surface area is 132 Å². The Morgan fingerprint density at radius 2 is 1.91 bits per heavy atom. The number of ether oxygens (including phenoxy) is 2. The van der Waals surface area contributed by atoms with E-state index in [4.69, 9.17) is 9.47 Å². The molecule has 122 valence electrons. The van der Waals surface area contributed by atoms with E-state index in [0.29, 0.717) is 18.8 Å². The number of nitrogens with zero attached hydrogens (tertiary/aromatic N) is 2. The smallest absolute Gasteiger partial charge is 0.182 e. The first-order valence-corrected chi connectivity index (χ1v) is 7.61. The summed E-state index contributed by atoms with van der Waals surface area (Å²) in [4.78, 5) is 17.1. The number of anilines is 1. The average molecular weight is 306 g/mol. The Bertz CT molecular complexity index is 535. The Morgan fingerprint density at radius 3 is 2.45 bits per heavy atom. The number of methoxy groups -OCH3 is 1. The molecule has 0 unspecified atom stereocenters. The summed E-state index contributed by atoms with van der Waals surface area (Å²) in [5.74, 6) is 0.894. The molecule has 0 bridgehead atoms. The molecule has 1 aromatic rings. The first kappa shape index (κ1) is 16.8. The van der Waals surface area contributed by atoms with Crippen LogP contribution >= 0.6 is 0 Å². The molecule has 1 aliphatic rings. The van der Waals surface area contributed by atoms with Crippen LogP contribution in [0.2, 0.25) is 0 Å². The molecule has 0 spiro atoms. The number of hydrogen-bond acceptors (Lipinski definition) is 5. The SMILES string of the molecule is COc1ccc(C(=O)C(C)(C)N2CCOCC2)cc1N(C)C. The number of hydrogen-bond donors (Lipinski definition) is 0. The molecule has 5 heteroatoms. The number of benzene rings is 1. The maximum atomic E-state index is 13.0. The van der Waals surface area contributed by atoms with Gasteiger partial charge in [0.1, 0.15) is 5.75 Å². The lowest BCUT2D eigenvalue weighted by Gasteiger charge is -2.39. The third kappa shape index (κ3) is 3.25. The second-order valence-electron chi connectivity index (χ2n) is 6.27. The van der Waals surface area contributed by atoms with Crippen LogP contribution in [0.4, 0.5) is 5.69 Å². The molecule has 0 aromatic heterocycles. The molecule has 0 atom stereocenters. The summed E-state index contributed by atoms with van der Waals surface area (Å²) in [7, 11) is 5.53. The molecular weight excluding hydrogens is 280 g/mol. The average Bonchev–Trinajstić information content (AvgIpc) is 2.54. The van der Waals surface area contributed by atoms with Gasteiger partial charge in [0.15, 0.2) is 5.78 Å². The van der Waals surface area contributed by atoms with Gasteiger partial charge in [-0.15, -0.1) is 0 Å². The molecule has 0 amide bonds. The maximum absolute atomic E-state index is 13.0. The van der Waals surface area contributed by atoms with Gasteiger partial charge in [-0.1, -0.05) is 0 Å². The van der Waals surface area contributed by atoms with Crippen LogP contribution in [0, 0.1) is 0 Å². The predicted molar refractivity (Wildman–Crippen MR) is 88.1 cm³/mol. The summed E-state index contributed by atoms with van der Waals surface area (Å²) >= 11 is 0. The first-order valence-electron chi connectivity index (χ1n) is 7.61. The van der Waals surface area contributed by atoms with Gasteiger partial charge in [0.2, 0.25) is 0 Å². The van der Waals surface area contributed by atoms with Crippen molar-refractivity contribution in [3.8, 4) is 5.75 Å². The van der Waals surface area contributed by atoms with Gasteiger partial charge in [-0.2, -0.15) is 0 Å². The summed E-state index contributed by atoms with van der Waals surface area (Å²) in [6, 6.07) is 5.61. The van der Waals surface area contributed by atoms with E-state index in [1.165, 1.54) is 0 Å². The zero-order valence-corrected chi connectivity index (χ0v) is 14.2. The van der Waals surface area contributed by atoms with Crippen molar-refractivity contribution in [2.75, 3.05) is 52.4 Å². The molecular formula is C17H26N2O3. The zero-order chi connectivity index (χ0) is 16.3. The molecule has 1 heterocycles. The second kappa shape index (κ2) is 6.67. The lowest BCUT2D eigenvalue weighted by atomic mass is 9.90. The van der Waals surface area contributed by atoms with E-state index in [2.05, 4.69) is 4.90 Å². The van der Waals surface area contributed by atoms with Gasteiger partial charge >= 0.3 is 0 Å². The highest BCUT2D eigenvalue weighted by atomic mass is 16.5. The molecule has 1 fully saturated rings. The number of morpholine rings is 1. The second-order valence-corrected chi connectivity index (χ2v) is 6.27. The van der Waals surface area contributed by atoms with Crippen LogP contribution in [0.5, 0.6) is 5.75 Å². The van der Waals surface area contributed by atoms with Crippen molar-refractivity contribution in [3.63, 3.8) is 0 Å². The molecule has 0 N–H and O–H groups in total. The summed E-state index contributed by atoms with van der Waals surface area (Å²) in [6.07, 6.45) is 0. The Balaban J connectivity index is 2.30. The van der Waals surface area contributed by atoms with Gasteiger partial charge in [-0.3, -0.25) is 9.69 Å². The van der Waals surface area contributed by atoms with Crippen LogP contribution < -0.4 is 9.64 Å². The largest absolute Gasteiger partial charge is 0.495 e. The molecule has 1 saturated heterocycles. The van der Waals surface area contributed by atoms with E-state index in [9.17, 15) is 4.79 Å². The highest BCUT2D eigenvalue weighted by molar-refractivity contribution is 6.03. The molecule has 0 aliphatic carbocycles. The Hall–Kier alpha value is -1.59. The molecule has 2 rings (SSSR count). The summed E-state index contributed by atoms with van der Waals surface area (Å²) < 4.78 is 10.7. The van der Waals surface area contributed by atoms with Crippen LogP contribution in [-0.2, 0) is 4.74 Å². The third-order valence-electron chi connectivity index (χ3n) is 4.28. The number of carbonyl (C=O) groups excluding carboxylic acids is 1. The number of carbonyl (C=O) groups is 1. The third-order valence-corrected chi connectivity index (χ3v) is 4.28.